The molecular weight excluding hydrogens is 266 g/mol. The summed E-state index contributed by atoms with van der Waals surface area (Å²) in [6, 6.07) is 6.50. The third kappa shape index (κ3) is 5.85. The van der Waals surface area contributed by atoms with Crippen molar-refractivity contribution in [3.05, 3.63) is 35.4 Å². The van der Waals surface area contributed by atoms with Gasteiger partial charge in [-0.1, -0.05) is 26.0 Å². The van der Waals surface area contributed by atoms with Gasteiger partial charge in [-0.15, -0.1) is 0 Å². The second-order valence-corrected chi connectivity index (χ2v) is 6.68. The first-order valence-corrected chi connectivity index (χ1v) is 7.75. The molecule has 0 fully saturated rings. The maximum Gasteiger partial charge on any atom is 0.335 e. The molecule has 106 valence electrons. The Balaban J connectivity index is 2.54. The molecule has 0 radical (unpaired) electrons. The van der Waals surface area contributed by atoms with Gasteiger partial charge in [-0.05, 0) is 30.0 Å². The highest BCUT2D eigenvalue weighted by atomic mass is 32.2. The molecule has 0 bridgehead atoms. The maximum atomic E-state index is 11.6. The number of sulfonamides is 1. The van der Waals surface area contributed by atoms with Gasteiger partial charge >= 0.3 is 5.97 Å². The first-order valence-electron chi connectivity index (χ1n) is 6.10. The summed E-state index contributed by atoms with van der Waals surface area (Å²) in [5.74, 6) is -0.808. The minimum atomic E-state index is -3.24. The zero-order chi connectivity index (χ0) is 14.5. The first kappa shape index (κ1) is 15.7. The lowest BCUT2D eigenvalue weighted by molar-refractivity contribution is 0.0696. The van der Waals surface area contributed by atoms with Crippen LogP contribution in [0.5, 0.6) is 0 Å². The smallest absolute Gasteiger partial charge is 0.335 e. The molecule has 1 rings (SSSR count). The summed E-state index contributed by atoms with van der Waals surface area (Å²) in [5, 5.41) is 8.85. The van der Waals surface area contributed by atoms with E-state index in [-0.39, 0.29) is 23.8 Å². The minimum Gasteiger partial charge on any atom is -0.478 e. The Kier molecular flexibility index (Phi) is 5.50. The van der Waals surface area contributed by atoms with Crippen LogP contribution in [-0.4, -0.2) is 31.8 Å². The van der Waals surface area contributed by atoms with E-state index in [4.69, 9.17) is 5.11 Å². The Morgan fingerprint density at radius 3 is 2.63 bits per heavy atom. The molecule has 0 heterocycles. The van der Waals surface area contributed by atoms with Crippen LogP contribution in [0.4, 0.5) is 0 Å². The van der Waals surface area contributed by atoms with Gasteiger partial charge in [-0.3, -0.25) is 0 Å². The van der Waals surface area contributed by atoms with Crippen molar-refractivity contribution in [2.45, 2.75) is 20.3 Å². The topological polar surface area (TPSA) is 83.5 Å². The molecule has 0 aromatic heterocycles. The molecule has 5 nitrogen and oxygen atoms in total. The molecule has 0 aliphatic heterocycles. The van der Waals surface area contributed by atoms with Crippen molar-refractivity contribution in [3.63, 3.8) is 0 Å². The van der Waals surface area contributed by atoms with Gasteiger partial charge in [0.25, 0.3) is 0 Å². The average molecular weight is 285 g/mol. The summed E-state index contributed by atoms with van der Waals surface area (Å²) in [6.45, 7) is 3.96. The van der Waals surface area contributed by atoms with Crippen molar-refractivity contribution in [1.29, 1.82) is 0 Å². The SMILES string of the molecule is CC(C)CS(=O)(=O)NCCc1cccc(C(=O)O)c1. The molecular formula is C13H19NO4S. The summed E-state index contributed by atoms with van der Waals surface area (Å²) >= 11 is 0. The lowest BCUT2D eigenvalue weighted by Crippen LogP contribution is -2.30. The van der Waals surface area contributed by atoms with Crippen molar-refractivity contribution in [2.24, 2.45) is 5.92 Å². The number of aromatic carboxylic acids is 1. The number of hydrogen-bond acceptors (Lipinski definition) is 3. The van der Waals surface area contributed by atoms with Gasteiger partial charge in [0.2, 0.25) is 10.0 Å². The van der Waals surface area contributed by atoms with E-state index in [0.717, 1.165) is 5.56 Å². The molecule has 1 aromatic carbocycles. The second kappa shape index (κ2) is 6.68. The fourth-order valence-electron chi connectivity index (χ4n) is 1.71. The Bertz CT molecular complexity index is 537. The van der Waals surface area contributed by atoms with Gasteiger partial charge in [0.1, 0.15) is 0 Å². The van der Waals surface area contributed by atoms with Crippen LogP contribution in [0.3, 0.4) is 0 Å². The van der Waals surface area contributed by atoms with Crippen LogP contribution >= 0.6 is 0 Å². The largest absolute Gasteiger partial charge is 0.478 e. The zero-order valence-corrected chi connectivity index (χ0v) is 11.9. The summed E-state index contributed by atoms with van der Waals surface area (Å²) in [5.41, 5.74) is 1.01. The second-order valence-electron chi connectivity index (χ2n) is 4.83. The van der Waals surface area contributed by atoms with Crippen LogP contribution in [0.2, 0.25) is 0 Å². The number of carboxylic acid groups (broad SMARTS) is 1. The summed E-state index contributed by atoms with van der Waals surface area (Å²) < 4.78 is 25.7. The lowest BCUT2D eigenvalue weighted by Gasteiger charge is -2.08. The van der Waals surface area contributed by atoms with Crippen LogP contribution < -0.4 is 4.72 Å². The third-order valence-electron chi connectivity index (χ3n) is 2.46. The zero-order valence-electron chi connectivity index (χ0n) is 11.1. The summed E-state index contributed by atoms with van der Waals surface area (Å²) in [7, 11) is -3.24. The maximum absolute atomic E-state index is 11.6. The number of rotatable bonds is 7. The molecule has 0 saturated heterocycles. The quantitative estimate of drug-likeness (QED) is 0.795. The number of carbonyl (C=O) groups is 1. The van der Waals surface area contributed by atoms with E-state index in [9.17, 15) is 13.2 Å². The van der Waals surface area contributed by atoms with Gasteiger partial charge in [0.15, 0.2) is 0 Å². The van der Waals surface area contributed by atoms with Gasteiger partial charge < -0.3 is 5.11 Å². The van der Waals surface area contributed by atoms with Crippen LogP contribution in [-0.2, 0) is 16.4 Å². The van der Waals surface area contributed by atoms with Crippen molar-refractivity contribution in [1.82, 2.24) is 4.72 Å². The molecule has 2 N–H and O–H groups in total. The number of carboxylic acids is 1. The molecule has 0 atom stereocenters. The Morgan fingerprint density at radius 2 is 2.05 bits per heavy atom. The summed E-state index contributed by atoms with van der Waals surface area (Å²) in [4.78, 5) is 10.8. The molecule has 0 saturated carbocycles. The van der Waals surface area contributed by atoms with E-state index in [1.165, 1.54) is 6.07 Å². The Morgan fingerprint density at radius 1 is 1.37 bits per heavy atom. The van der Waals surface area contributed by atoms with E-state index >= 15 is 0 Å². The number of benzene rings is 1. The van der Waals surface area contributed by atoms with Crippen molar-refractivity contribution < 1.29 is 18.3 Å². The normalized spacial score (nSPS) is 11.7. The third-order valence-corrected chi connectivity index (χ3v) is 4.21. The molecule has 0 aliphatic carbocycles. The fourth-order valence-corrected chi connectivity index (χ4v) is 3.12. The molecule has 0 unspecified atom stereocenters. The molecule has 0 spiro atoms. The minimum absolute atomic E-state index is 0.0767. The van der Waals surface area contributed by atoms with Crippen molar-refractivity contribution in [2.75, 3.05) is 12.3 Å². The highest BCUT2D eigenvalue weighted by Crippen LogP contribution is 2.06. The van der Waals surface area contributed by atoms with E-state index < -0.39 is 16.0 Å². The molecule has 6 heteroatoms. The molecule has 1 aromatic rings. The van der Waals surface area contributed by atoms with Crippen LogP contribution in [0.25, 0.3) is 0 Å². The van der Waals surface area contributed by atoms with E-state index in [0.29, 0.717) is 6.42 Å². The first-order chi connectivity index (χ1) is 8.80. The van der Waals surface area contributed by atoms with E-state index in [1.54, 1.807) is 18.2 Å². The lowest BCUT2D eigenvalue weighted by atomic mass is 10.1. The number of hydrogen-bond donors (Lipinski definition) is 2. The highest BCUT2D eigenvalue weighted by Gasteiger charge is 2.12. The van der Waals surface area contributed by atoms with E-state index in [1.807, 2.05) is 13.8 Å². The standard InChI is InChI=1S/C13H19NO4S/c1-10(2)9-19(17,18)14-7-6-11-4-3-5-12(8-11)13(15)16/h3-5,8,10,14H,6-7,9H2,1-2H3,(H,15,16). The van der Waals surface area contributed by atoms with Crippen LogP contribution in [0.15, 0.2) is 24.3 Å². The number of nitrogens with one attached hydrogen (secondary N) is 1. The van der Waals surface area contributed by atoms with Gasteiger partial charge in [-0.25, -0.2) is 17.9 Å². The van der Waals surface area contributed by atoms with E-state index in [2.05, 4.69) is 4.72 Å². The molecule has 0 amide bonds. The predicted molar refractivity (Wildman–Crippen MR) is 73.7 cm³/mol. The highest BCUT2D eigenvalue weighted by molar-refractivity contribution is 7.89. The fraction of sp³-hybridized carbons (Fsp3) is 0.462. The van der Waals surface area contributed by atoms with Crippen LogP contribution in [0, 0.1) is 5.92 Å². The Labute approximate surface area is 113 Å². The predicted octanol–water partition coefficient (Wildman–Crippen LogP) is 1.50. The van der Waals surface area contributed by atoms with Gasteiger partial charge in [-0.2, -0.15) is 0 Å². The van der Waals surface area contributed by atoms with Crippen molar-refractivity contribution in [3.8, 4) is 0 Å². The van der Waals surface area contributed by atoms with Crippen LogP contribution in [0.1, 0.15) is 29.8 Å². The summed E-state index contributed by atoms with van der Waals surface area (Å²) in [6.07, 6.45) is 0.471. The Hall–Kier alpha value is -1.40. The van der Waals surface area contributed by atoms with Gasteiger partial charge in [0.05, 0.1) is 11.3 Å². The van der Waals surface area contributed by atoms with Crippen molar-refractivity contribution >= 4 is 16.0 Å². The monoisotopic (exact) mass is 285 g/mol. The average Bonchev–Trinajstić information content (AvgIpc) is 2.27. The van der Waals surface area contributed by atoms with Gasteiger partial charge in [0, 0.05) is 6.54 Å². The molecule has 19 heavy (non-hydrogen) atoms. The molecule has 0 aliphatic rings.